The van der Waals surface area contributed by atoms with E-state index >= 15 is 0 Å². The summed E-state index contributed by atoms with van der Waals surface area (Å²) in [4.78, 5) is 11.8. The van der Waals surface area contributed by atoms with Gasteiger partial charge in [0.15, 0.2) is 11.6 Å². The van der Waals surface area contributed by atoms with Crippen LogP contribution in [0, 0.1) is 5.41 Å². The maximum atomic E-state index is 11.8. The van der Waals surface area contributed by atoms with E-state index < -0.39 is 20.9 Å². The molecular weight excluding hydrogens is 236 g/mol. The Morgan fingerprint density at radius 2 is 2.06 bits per heavy atom. The Hall–Kier alpha value is -0.233. The van der Waals surface area contributed by atoms with E-state index in [1.54, 1.807) is 0 Å². The van der Waals surface area contributed by atoms with Gasteiger partial charge in [-0.1, -0.05) is 20.8 Å². The van der Waals surface area contributed by atoms with Crippen LogP contribution in [0.25, 0.3) is 0 Å². The molecule has 99 valence electrons. The molecule has 2 atom stereocenters. The molecule has 0 spiro atoms. The summed E-state index contributed by atoms with van der Waals surface area (Å²) in [5.41, 5.74) is -0.214. The number of hydrogen-bond acceptors (Lipinski definition) is 4. The highest BCUT2D eigenvalue weighted by Gasteiger charge is 2.44. The van der Waals surface area contributed by atoms with Crippen LogP contribution in [0.5, 0.6) is 0 Å². The molecule has 0 aromatic heterocycles. The Morgan fingerprint density at radius 3 is 2.53 bits per heavy atom. The molecule has 0 bridgehead atoms. The zero-order valence-electron chi connectivity index (χ0n) is 11.6. The second-order valence-corrected chi connectivity index (χ2v) is 8.05. The van der Waals surface area contributed by atoms with Crippen LogP contribution in [0.3, 0.4) is 0 Å². The van der Waals surface area contributed by atoms with Crippen LogP contribution in [0.15, 0.2) is 0 Å². The van der Waals surface area contributed by atoms with Crippen molar-refractivity contribution < 1.29 is 18.7 Å². The first kappa shape index (κ1) is 14.8. The quantitative estimate of drug-likeness (QED) is 0.727. The smallest absolute Gasteiger partial charge is 0.205 e. The number of rotatable bonds is 3. The third-order valence-electron chi connectivity index (χ3n) is 2.59. The molecule has 1 aliphatic rings. The van der Waals surface area contributed by atoms with Gasteiger partial charge in [-0.05, 0) is 25.4 Å². The molecule has 2 unspecified atom stereocenters. The van der Waals surface area contributed by atoms with Crippen molar-refractivity contribution in [1.29, 1.82) is 0 Å². The monoisotopic (exact) mass is 259 g/mol. The summed E-state index contributed by atoms with van der Waals surface area (Å²) in [6.07, 6.45) is -0.422. The fourth-order valence-corrected chi connectivity index (χ4v) is 2.21. The molecular formula is C12H23O4Si. The Bertz CT molecular complexity index is 285. The van der Waals surface area contributed by atoms with Crippen LogP contribution in [-0.4, -0.2) is 39.9 Å². The number of carbonyl (C=O) groups excluding carboxylic acids is 1. The number of ketones is 1. The first-order valence-electron chi connectivity index (χ1n) is 5.91. The second kappa shape index (κ2) is 5.18. The number of Topliss-reactive ketones (excluding diaryl/α,β-unsaturated/α-hetero) is 1. The van der Waals surface area contributed by atoms with Gasteiger partial charge >= 0.3 is 0 Å². The molecule has 5 heteroatoms. The molecule has 1 radical (unpaired) electrons. The van der Waals surface area contributed by atoms with Crippen LogP contribution in [-0.2, 0) is 18.7 Å². The Balaban J connectivity index is 2.69. The highest BCUT2D eigenvalue weighted by Crippen LogP contribution is 2.31. The first-order chi connectivity index (χ1) is 7.64. The largest absolute Gasteiger partial charge is 0.412 e. The van der Waals surface area contributed by atoms with Crippen LogP contribution < -0.4 is 0 Å². The molecule has 0 aromatic carbocycles. The van der Waals surface area contributed by atoms with Crippen LogP contribution in [0.4, 0.5) is 0 Å². The molecule has 0 saturated carbocycles. The van der Waals surface area contributed by atoms with Crippen LogP contribution in [0.2, 0.25) is 13.1 Å². The molecule has 1 heterocycles. The minimum atomic E-state index is -0.798. The van der Waals surface area contributed by atoms with Crippen molar-refractivity contribution in [3.63, 3.8) is 0 Å². The molecule has 1 fully saturated rings. The van der Waals surface area contributed by atoms with Crippen molar-refractivity contribution >= 4 is 14.8 Å². The van der Waals surface area contributed by atoms with Crippen molar-refractivity contribution in [3.05, 3.63) is 0 Å². The van der Waals surface area contributed by atoms with E-state index in [0.717, 1.165) is 0 Å². The number of ether oxygens (including phenoxy) is 2. The number of hydrogen-bond donors (Lipinski definition) is 0. The first-order valence-corrected chi connectivity index (χ1v) is 8.32. The summed E-state index contributed by atoms with van der Waals surface area (Å²) in [6.45, 7) is 12.4. The summed E-state index contributed by atoms with van der Waals surface area (Å²) in [5.74, 6) is -0.790. The molecule has 1 aliphatic heterocycles. The molecule has 17 heavy (non-hydrogen) atoms. The van der Waals surface area contributed by atoms with E-state index in [9.17, 15) is 4.79 Å². The Labute approximate surface area is 105 Å². The minimum absolute atomic E-state index is 0.00787. The third-order valence-corrected chi connectivity index (χ3v) is 3.31. The van der Waals surface area contributed by atoms with Gasteiger partial charge in [0.25, 0.3) is 0 Å². The lowest BCUT2D eigenvalue weighted by Gasteiger charge is -2.42. The molecule has 0 aromatic rings. The lowest BCUT2D eigenvalue weighted by Crippen LogP contribution is -2.55. The van der Waals surface area contributed by atoms with Gasteiger partial charge in [0.05, 0.1) is 6.61 Å². The highest BCUT2D eigenvalue weighted by atomic mass is 28.3. The van der Waals surface area contributed by atoms with E-state index in [1.165, 1.54) is 0 Å². The lowest BCUT2D eigenvalue weighted by atomic mass is 9.86. The van der Waals surface area contributed by atoms with Crippen LogP contribution >= 0.6 is 0 Å². The fourth-order valence-electron chi connectivity index (χ4n) is 1.66. The van der Waals surface area contributed by atoms with E-state index in [1.807, 2.05) is 27.7 Å². The Kier molecular flexibility index (Phi) is 4.52. The zero-order chi connectivity index (χ0) is 13.3. The molecule has 0 aliphatic carbocycles. The summed E-state index contributed by atoms with van der Waals surface area (Å²) in [7, 11) is -0.782. The van der Waals surface area contributed by atoms with Gasteiger partial charge in [-0.15, -0.1) is 0 Å². The Morgan fingerprint density at radius 1 is 1.47 bits per heavy atom. The van der Waals surface area contributed by atoms with Crippen LogP contribution in [0.1, 0.15) is 27.7 Å². The summed E-state index contributed by atoms with van der Waals surface area (Å²) in [5, 5.41) is 0. The van der Waals surface area contributed by atoms with Gasteiger partial charge in [0, 0.05) is 0 Å². The highest BCUT2D eigenvalue weighted by molar-refractivity contribution is 6.48. The maximum absolute atomic E-state index is 11.8. The second-order valence-electron chi connectivity index (χ2n) is 5.95. The molecule has 4 nitrogen and oxygen atoms in total. The van der Waals surface area contributed by atoms with E-state index in [2.05, 4.69) is 13.1 Å². The predicted molar refractivity (Wildman–Crippen MR) is 67.1 cm³/mol. The summed E-state index contributed by atoms with van der Waals surface area (Å²) in [6, 6.07) is 0. The van der Waals surface area contributed by atoms with E-state index in [-0.39, 0.29) is 17.8 Å². The molecule has 1 rings (SSSR count). The SMILES string of the molecule is C[Si](C)OCC1(C)OCC(=O)C(C(C)(C)C)O1. The average Bonchev–Trinajstić information content (AvgIpc) is 2.18. The van der Waals surface area contributed by atoms with Gasteiger partial charge in [-0.25, -0.2) is 0 Å². The minimum Gasteiger partial charge on any atom is -0.412 e. The van der Waals surface area contributed by atoms with E-state index in [4.69, 9.17) is 13.9 Å². The molecule has 0 amide bonds. The normalized spacial score (nSPS) is 31.0. The van der Waals surface area contributed by atoms with Gasteiger partial charge in [-0.2, -0.15) is 0 Å². The number of carbonyl (C=O) groups is 1. The fraction of sp³-hybridized carbons (Fsp3) is 0.917. The van der Waals surface area contributed by atoms with Crippen molar-refractivity contribution in [2.45, 2.75) is 52.7 Å². The summed E-state index contributed by atoms with van der Waals surface area (Å²) >= 11 is 0. The zero-order valence-corrected chi connectivity index (χ0v) is 12.6. The topological polar surface area (TPSA) is 44.8 Å². The van der Waals surface area contributed by atoms with E-state index in [0.29, 0.717) is 6.61 Å². The van der Waals surface area contributed by atoms with Gasteiger partial charge < -0.3 is 13.9 Å². The van der Waals surface area contributed by atoms with Gasteiger partial charge in [-0.3, -0.25) is 4.79 Å². The molecule has 1 saturated heterocycles. The average molecular weight is 259 g/mol. The van der Waals surface area contributed by atoms with Crippen molar-refractivity contribution in [3.8, 4) is 0 Å². The maximum Gasteiger partial charge on any atom is 0.205 e. The molecule has 0 N–H and O–H groups in total. The standard InChI is InChI=1S/C12H23O4Si/c1-11(2,3)10-9(13)7-14-12(4,16-10)8-15-17(5)6/h10H,7-8H2,1-6H3. The van der Waals surface area contributed by atoms with Gasteiger partial charge in [0.1, 0.15) is 12.7 Å². The van der Waals surface area contributed by atoms with Gasteiger partial charge in [0.2, 0.25) is 9.04 Å². The predicted octanol–water partition coefficient (Wildman–Crippen LogP) is 2.00. The van der Waals surface area contributed by atoms with Crippen molar-refractivity contribution in [2.75, 3.05) is 13.2 Å². The van der Waals surface area contributed by atoms with Crippen molar-refractivity contribution in [2.24, 2.45) is 5.41 Å². The summed E-state index contributed by atoms with van der Waals surface area (Å²) < 4.78 is 16.9. The third kappa shape index (κ3) is 4.17. The lowest BCUT2D eigenvalue weighted by molar-refractivity contribution is -0.290. The van der Waals surface area contributed by atoms with Crippen molar-refractivity contribution in [1.82, 2.24) is 0 Å².